The van der Waals surface area contributed by atoms with Crippen LogP contribution in [-0.4, -0.2) is 11.5 Å². The second-order valence-electron chi connectivity index (χ2n) is 5.23. The molecule has 0 aliphatic heterocycles. The number of hydrogen-bond donors (Lipinski definition) is 1. The molecule has 1 saturated carbocycles. The van der Waals surface area contributed by atoms with E-state index in [1.165, 1.54) is 12.8 Å². The van der Waals surface area contributed by atoms with Gasteiger partial charge in [0.05, 0.1) is 4.92 Å². The Balaban J connectivity index is 2.00. The molecule has 0 bridgehead atoms. The molecule has 0 unspecified atom stereocenters. The summed E-state index contributed by atoms with van der Waals surface area (Å²) in [5, 5.41) is 14.2. The van der Waals surface area contributed by atoms with Crippen LogP contribution in [0.5, 0.6) is 0 Å². The van der Waals surface area contributed by atoms with E-state index in [0.29, 0.717) is 12.0 Å². The topological polar surface area (TPSA) is 55.2 Å². The van der Waals surface area contributed by atoms with E-state index in [-0.39, 0.29) is 10.6 Å². The highest BCUT2D eigenvalue weighted by atomic mass is 16.6. The van der Waals surface area contributed by atoms with Gasteiger partial charge in [0, 0.05) is 24.7 Å². The highest BCUT2D eigenvalue weighted by Crippen LogP contribution is 2.44. The minimum absolute atomic E-state index is 0.210. The predicted octanol–water partition coefficient (Wildman–Crippen LogP) is 2.79. The molecule has 2 rings (SSSR count). The molecule has 1 aromatic rings. The summed E-state index contributed by atoms with van der Waals surface area (Å²) in [6.45, 7) is 5.78. The number of nitrogens with one attached hydrogen (secondary N) is 1. The van der Waals surface area contributed by atoms with Crippen molar-refractivity contribution >= 4 is 5.69 Å². The number of benzene rings is 1. The summed E-state index contributed by atoms with van der Waals surface area (Å²) < 4.78 is 0. The van der Waals surface area contributed by atoms with Gasteiger partial charge in [-0.25, -0.2) is 0 Å². The molecule has 1 N–H and O–H groups in total. The van der Waals surface area contributed by atoms with Crippen molar-refractivity contribution in [3.63, 3.8) is 0 Å². The number of rotatable bonds is 5. The van der Waals surface area contributed by atoms with E-state index < -0.39 is 0 Å². The molecule has 1 aliphatic carbocycles. The second-order valence-corrected chi connectivity index (χ2v) is 5.23. The maximum Gasteiger partial charge on any atom is 0.272 e. The fourth-order valence-electron chi connectivity index (χ4n) is 1.95. The number of nitro benzene ring substituents is 1. The monoisotopic (exact) mass is 234 g/mol. The van der Waals surface area contributed by atoms with Gasteiger partial charge in [0.2, 0.25) is 0 Å². The van der Waals surface area contributed by atoms with Crippen molar-refractivity contribution in [1.29, 1.82) is 0 Å². The fourth-order valence-corrected chi connectivity index (χ4v) is 1.95. The van der Waals surface area contributed by atoms with Gasteiger partial charge >= 0.3 is 0 Å². The molecule has 0 spiro atoms. The Morgan fingerprint density at radius 1 is 1.47 bits per heavy atom. The SMILES string of the molecule is Cc1c(CNCC2(C)CC2)cccc1[N+](=O)[O-]. The molecule has 0 heterocycles. The lowest BCUT2D eigenvalue weighted by Crippen LogP contribution is -2.22. The Hall–Kier alpha value is -1.42. The van der Waals surface area contributed by atoms with E-state index in [4.69, 9.17) is 0 Å². The van der Waals surface area contributed by atoms with Gasteiger partial charge in [-0.1, -0.05) is 19.1 Å². The molecule has 1 aliphatic rings. The molecule has 0 radical (unpaired) electrons. The van der Waals surface area contributed by atoms with E-state index in [1.54, 1.807) is 12.1 Å². The van der Waals surface area contributed by atoms with Gasteiger partial charge in [-0.05, 0) is 30.7 Å². The third-order valence-electron chi connectivity index (χ3n) is 3.58. The lowest BCUT2D eigenvalue weighted by Gasteiger charge is -2.11. The Morgan fingerprint density at radius 2 is 2.18 bits per heavy atom. The van der Waals surface area contributed by atoms with Gasteiger partial charge in [0.1, 0.15) is 0 Å². The predicted molar refractivity (Wildman–Crippen MR) is 66.9 cm³/mol. The van der Waals surface area contributed by atoms with Gasteiger partial charge in [-0.2, -0.15) is 0 Å². The van der Waals surface area contributed by atoms with Crippen LogP contribution < -0.4 is 5.32 Å². The lowest BCUT2D eigenvalue weighted by atomic mass is 10.1. The molecule has 0 atom stereocenters. The van der Waals surface area contributed by atoms with Crippen molar-refractivity contribution in [2.45, 2.75) is 33.2 Å². The molecule has 4 heteroatoms. The van der Waals surface area contributed by atoms with Gasteiger partial charge in [-0.15, -0.1) is 0 Å². The zero-order chi connectivity index (χ0) is 12.5. The summed E-state index contributed by atoms with van der Waals surface area (Å²) in [6.07, 6.45) is 2.57. The Kier molecular flexibility index (Phi) is 3.15. The van der Waals surface area contributed by atoms with Gasteiger partial charge in [0.25, 0.3) is 5.69 Å². The van der Waals surface area contributed by atoms with Crippen molar-refractivity contribution in [2.24, 2.45) is 5.41 Å². The first-order valence-electron chi connectivity index (χ1n) is 5.95. The second kappa shape index (κ2) is 4.45. The molecule has 1 aromatic carbocycles. The van der Waals surface area contributed by atoms with E-state index >= 15 is 0 Å². The van der Waals surface area contributed by atoms with Crippen LogP contribution >= 0.6 is 0 Å². The van der Waals surface area contributed by atoms with Crippen LogP contribution in [0.3, 0.4) is 0 Å². The maximum atomic E-state index is 10.8. The first kappa shape index (κ1) is 12.0. The molecule has 0 amide bonds. The van der Waals surface area contributed by atoms with E-state index in [0.717, 1.165) is 17.7 Å². The molecule has 0 saturated heterocycles. The van der Waals surface area contributed by atoms with Crippen molar-refractivity contribution in [3.05, 3.63) is 39.4 Å². The highest BCUT2D eigenvalue weighted by molar-refractivity contribution is 5.44. The molecule has 1 fully saturated rings. The van der Waals surface area contributed by atoms with Crippen LogP contribution in [0.2, 0.25) is 0 Å². The van der Waals surface area contributed by atoms with Crippen molar-refractivity contribution in [2.75, 3.05) is 6.54 Å². The van der Waals surface area contributed by atoms with Crippen LogP contribution in [0.4, 0.5) is 5.69 Å². The van der Waals surface area contributed by atoms with E-state index in [9.17, 15) is 10.1 Å². The van der Waals surface area contributed by atoms with Crippen LogP contribution in [0.1, 0.15) is 30.9 Å². The Morgan fingerprint density at radius 3 is 2.76 bits per heavy atom. The zero-order valence-corrected chi connectivity index (χ0v) is 10.3. The molecule has 4 nitrogen and oxygen atoms in total. The average molecular weight is 234 g/mol. The van der Waals surface area contributed by atoms with Crippen LogP contribution in [0.15, 0.2) is 18.2 Å². The number of hydrogen-bond acceptors (Lipinski definition) is 3. The molecular formula is C13H18N2O2. The number of nitrogens with zero attached hydrogens (tertiary/aromatic N) is 1. The maximum absolute atomic E-state index is 10.8. The summed E-state index contributed by atoms with van der Waals surface area (Å²) in [7, 11) is 0. The minimum Gasteiger partial charge on any atom is -0.312 e. The third kappa shape index (κ3) is 2.82. The molecule has 92 valence electrons. The average Bonchev–Trinajstić information content (AvgIpc) is 2.99. The highest BCUT2D eigenvalue weighted by Gasteiger charge is 2.36. The van der Waals surface area contributed by atoms with E-state index in [1.807, 2.05) is 13.0 Å². The summed E-state index contributed by atoms with van der Waals surface area (Å²) in [6, 6.07) is 5.26. The zero-order valence-electron chi connectivity index (χ0n) is 10.3. The van der Waals surface area contributed by atoms with Gasteiger partial charge in [-0.3, -0.25) is 10.1 Å². The molecular weight excluding hydrogens is 216 g/mol. The van der Waals surface area contributed by atoms with Crippen LogP contribution in [-0.2, 0) is 6.54 Å². The first-order chi connectivity index (χ1) is 8.02. The van der Waals surface area contributed by atoms with Crippen LogP contribution in [0.25, 0.3) is 0 Å². The molecule has 17 heavy (non-hydrogen) atoms. The normalized spacial score (nSPS) is 16.8. The smallest absolute Gasteiger partial charge is 0.272 e. The van der Waals surface area contributed by atoms with E-state index in [2.05, 4.69) is 12.2 Å². The summed E-state index contributed by atoms with van der Waals surface area (Å²) in [5.74, 6) is 0. The minimum atomic E-state index is -0.318. The third-order valence-corrected chi connectivity index (χ3v) is 3.58. The Labute approximate surface area is 101 Å². The summed E-state index contributed by atoms with van der Waals surface area (Å²) in [5.41, 5.74) is 2.46. The fraction of sp³-hybridized carbons (Fsp3) is 0.538. The first-order valence-corrected chi connectivity index (χ1v) is 5.95. The van der Waals surface area contributed by atoms with Gasteiger partial charge < -0.3 is 5.32 Å². The summed E-state index contributed by atoms with van der Waals surface area (Å²) >= 11 is 0. The van der Waals surface area contributed by atoms with Crippen molar-refractivity contribution in [1.82, 2.24) is 5.32 Å². The lowest BCUT2D eigenvalue weighted by molar-refractivity contribution is -0.385. The summed E-state index contributed by atoms with van der Waals surface area (Å²) in [4.78, 5) is 10.5. The van der Waals surface area contributed by atoms with Gasteiger partial charge in [0.15, 0.2) is 0 Å². The standard InChI is InChI=1S/C13H18N2O2/c1-10-11(4-3-5-12(10)15(16)17)8-14-9-13(2)6-7-13/h3-5,14H,6-9H2,1-2H3. The Bertz CT molecular complexity index is 439. The van der Waals surface area contributed by atoms with Crippen LogP contribution in [0, 0.1) is 22.5 Å². The number of nitro groups is 1. The molecule has 0 aromatic heterocycles. The van der Waals surface area contributed by atoms with Crippen molar-refractivity contribution < 1.29 is 4.92 Å². The quantitative estimate of drug-likeness (QED) is 0.629. The van der Waals surface area contributed by atoms with Crippen molar-refractivity contribution in [3.8, 4) is 0 Å². The largest absolute Gasteiger partial charge is 0.312 e.